The van der Waals surface area contributed by atoms with Crippen LogP contribution in [0.2, 0.25) is 0 Å². The minimum absolute atomic E-state index is 0. The summed E-state index contributed by atoms with van der Waals surface area (Å²) in [6, 6.07) is 0.722. The van der Waals surface area contributed by atoms with Crippen molar-refractivity contribution in [3.05, 3.63) is 0 Å². The fourth-order valence-corrected chi connectivity index (χ4v) is 0.994. The minimum atomic E-state index is 0. The van der Waals surface area contributed by atoms with Gasteiger partial charge in [-0.25, -0.2) is 0 Å². The van der Waals surface area contributed by atoms with Crippen LogP contribution in [0.3, 0.4) is 0 Å². The van der Waals surface area contributed by atoms with Crippen LogP contribution in [0.25, 0.3) is 0 Å². The molecule has 3 heteroatoms. The molecule has 0 aromatic carbocycles. The van der Waals surface area contributed by atoms with E-state index in [0.29, 0.717) is 6.10 Å². The van der Waals surface area contributed by atoms with Gasteiger partial charge in [-0.05, 0) is 19.9 Å². The summed E-state index contributed by atoms with van der Waals surface area (Å²) >= 11 is 0. The highest BCUT2D eigenvalue weighted by Gasteiger charge is 2.26. The number of methoxy groups -OCH3 is 1. The lowest BCUT2D eigenvalue weighted by Crippen LogP contribution is -2.43. The van der Waals surface area contributed by atoms with Crippen molar-refractivity contribution in [1.29, 1.82) is 0 Å². The number of ether oxygens (including phenoxy) is 1. The molecule has 56 valence electrons. The Kier molecular flexibility index (Phi) is 4.19. The lowest BCUT2D eigenvalue weighted by Gasteiger charge is -2.33. The summed E-state index contributed by atoms with van der Waals surface area (Å²) in [7, 11) is 3.77. The maximum atomic E-state index is 5.08. The van der Waals surface area contributed by atoms with Crippen LogP contribution >= 0.6 is 12.4 Å². The lowest BCUT2D eigenvalue weighted by molar-refractivity contribution is 0.0196. The van der Waals surface area contributed by atoms with E-state index in [9.17, 15) is 0 Å². The number of rotatable bonds is 2. The van der Waals surface area contributed by atoms with Crippen molar-refractivity contribution in [2.75, 3.05) is 14.2 Å². The first-order valence-electron chi connectivity index (χ1n) is 3.07. The average Bonchev–Trinajstić information content (AvgIpc) is 1.65. The van der Waals surface area contributed by atoms with Gasteiger partial charge in [-0.2, -0.15) is 0 Å². The van der Waals surface area contributed by atoms with Gasteiger partial charge in [-0.3, -0.25) is 0 Å². The zero-order chi connectivity index (χ0) is 5.98. The Labute approximate surface area is 62.4 Å². The summed E-state index contributed by atoms with van der Waals surface area (Å²) in [6.07, 6.45) is 2.91. The zero-order valence-corrected chi connectivity index (χ0v) is 6.70. The highest BCUT2D eigenvalue weighted by molar-refractivity contribution is 5.85. The summed E-state index contributed by atoms with van der Waals surface area (Å²) in [5.41, 5.74) is 0. The third kappa shape index (κ3) is 2.12. The zero-order valence-electron chi connectivity index (χ0n) is 5.89. The summed E-state index contributed by atoms with van der Waals surface area (Å²) in [5.74, 6) is 0. The standard InChI is InChI=1S/C6H13NO.ClH/c1-7-5-3-6(4-5)8-2;/h5-7H,3-4H2,1-2H3;1H. The SMILES string of the molecule is CNC1CC(OC)C1.Cl. The molecule has 0 bridgehead atoms. The van der Waals surface area contributed by atoms with Gasteiger partial charge in [-0.1, -0.05) is 0 Å². The third-order valence-electron chi connectivity index (χ3n) is 1.84. The molecule has 0 radical (unpaired) electrons. The summed E-state index contributed by atoms with van der Waals surface area (Å²) in [4.78, 5) is 0. The molecule has 9 heavy (non-hydrogen) atoms. The van der Waals surface area contributed by atoms with E-state index in [4.69, 9.17) is 4.74 Å². The minimum Gasteiger partial charge on any atom is -0.381 e. The second kappa shape index (κ2) is 4.09. The van der Waals surface area contributed by atoms with E-state index in [1.54, 1.807) is 7.11 Å². The highest BCUT2D eigenvalue weighted by atomic mass is 35.5. The Balaban J connectivity index is 0.000000640. The second-order valence-corrected chi connectivity index (χ2v) is 2.31. The van der Waals surface area contributed by atoms with Gasteiger partial charge in [-0.15, -0.1) is 12.4 Å². The molecule has 2 nitrogen and oxygen atoms in total. The lowest BCUT2D eigenvalue weighted by atomic mass is 9.90. The van der Waals surface area contributed by atoms with Crippen LogP contribution in [-0.2, 0) is 4.74 Å². The normalized spacial score (nSPS) is 32.7. The molecule has 1 fully saturated rings. The van der Waals surface area contributed by atoms with Crippen LogP contribution in [0.1, 0.15) is 12.8 Å². The van der Waals surface area contributed by atoms with E-state index in [2.05, 4.69) is 5.32 Å². The Morgan fingerprint density at radius 2 is 2.00 bits per heavy atom. The molecule has 0 aromatic heterocycles. The quantitative estimate of drug-likeness (QED) is 0.631. The largest absolute Gasteiger partial charge is 0.381 e. The van der Waals surface area contributed by atoms with Gasteiger partial charge >= 0.3 is 0 Å². The van der Waals surface area contributed by atoms with Crippen LogP contribution in [0.4, 0.5) is 0 Å². The highest BCUT2D eigenvalue weighted by Crippen LogP contribution is 2.21. The van der Waals surface area contributed by atoms with E-state index in [-0.39, 0.29) is 12.4 Å². The molecule has 0 saturated heterocycles. The van der Waals surface area contributed by atoms with Gasteiger partial charge in [0.1, 0.15) is 0 Å². The van der Waals surface area contributed by atoms with Gasteiger partial charge in [0, 0.05) is 13.2 Å². The Bertz CT molecular complexity index is 65.5. The first-order valence-corrected chi connectivity index (χ1v) is 3.07. The summed E-state index contributed by atoms with van der Waals surface area (Å²) < 4.78 is 5.08. The Morgan fingerprint density at radius 3 is 2.33 bits per heavy atom. The maximum absolute atomic E-state index is 5.08. The molecular formula is C6H14ClNO. The van der Waals surface area contributed by atoms with Crippen molar-refractivity contribution in [2.24, 2.45) is 0 Å². The Hall–Kier alpha value is 0.210. The van der Waals surface area contributed by atoms with Crippen LogP contribution in [0.5, 0.6) is 0 Å². The maximum Gasteiger partial charge on any atom is 0.0601 e. The molecule has 0 unspecified atom stereocenters. The predicted molar refractivity (Wildman–Crippen MR) is 40.1 cm³/mol. The van der Waals surface area contributed by atoms with Gasteiger partial charge in [0.05, 0.1) is 6.10 Å². The Morgan fingerprint density at radius 1 is 1.44 bits per heavy atom. The molecular weight excluding hydrogens is 138 g/mol. The molecule has 0 spiro atoms. The van der Waals surface area contributed by atoms with Crippen molar-refractivity contribution in [1.82, 2.24) is 5.32 Å². The summed E-state index contributed by atoms with van der Waals surface area (Å²) in [5, 5.41) is 3.19. The van der Waals surface area contributed by atoms with Gasteiger partial charge in [0.25, 0.3) is 0 Å². The van der Waals surface area contributed by atoms with E-state index in [1.807, 2.05) is 7.05 Å². The fourth-order valence-electron chi connectivity index (χ4n) is 0.994. The number of hydrogen-bond donors (Lipinski definition) is 1. The number of halogens is 1. The third-order valence-corrected chi connectivity index (χ3v) is 1.84. The monoisotopic (exact) mass is 151 g/mol. The topological polar surface area (TPSA) is 21.3 Å². The van der Waals surface area contributed by atoms with Gasteiger partial charge in [0.2, 0.25) is 0 Å². The molecule has 1 saturated carbocycles. The average molecular weight is 152 g/mol. The van der Waals surface area contributed by atoms with E-state index < -0.39 is 0 Å². The molecule has 0 amide bonds. The molecule has 0 aromatic rings. The molecule has 0 aliphatic heterocycles. The van der Waals surface area contributed by atoms with Gasteiger partial charge < -0.3 is 10.1 Å². The van der Waals surface area contributed by atoms with Gasteiger partial charge in [0.15, 0.2) is 0 Å². The molecule has 1 aliphatic carbocycles. The fraction of sp³-hybridized carbons (Fsp3) is 1.00. The van der Waals surface area contributed by atoms with E-state index >= 15 is 0 Å². The predicted octanol–water partition coefficient (Wildman–Crippen LogP) is 0.805. The van der Waals surface area contributed by atoms with Crippen LogP contribution in [-0.4, -0.2) is 26.3 Å². The second-order valence-electron chi connectivity index (χ2n) is 2.31. The van der Waals surface area contributed by atoms with Crippen molar-refractivity contribution in [3.63, 3.8) is 0 Å². The first kappa shape index (κ1) is 9.21. The first-order chi connectivity index (χ1) is 3.86. The summed E-state index contributed by atoms with van der Waals surface area (Å²) in [6.45, 7) is 0. The smallest absolute Gasteiger partial charge is 0.0601 e. The molecule has 0 atom stereocenters. The number of nitrogens with one attached hydrogen (secondary N) is 1. The molecule has 1 aliphatic rings. The molecule has 1 rings (SSSR count). The van der Waals surface area contributed by atoms with Crippen molar-refractivity contribution >= 4 is 12.4 Å². The van der Waals surface area contributed by atoms with E-state index in [0.717, 1.165) is 6.04 Å². The van der Waals surface area contributed by atoms with Crippen LogP contribution < -0.4 is 5.32 Å². The van der Waals surface area contributed by atoms with Crippen molar-refractivity contribution in [2.45, 2.75) is 25.0 Å². The van der Waals surface area contributed by atoms with Crippen molar-refractivity contribution < 1.29 is 4.74 Å². The molecule has 1 N–H and O–H groups in total. The molecule has 0 heterocycles. The van der Waals surface area contributed by atoms with Crippen LogP contribution in [0.15, 0.2) is 0 Å². The number of hydrogen-bond acceptors (Lipinski definition) is 2. The van der Waals surface area contributed by atoms with Crippen molar-refractivity contribution in [3.8, 4) is 0 Å². The van der Waals surface area contributed by atoms with Crippen LogP contribution in [0, 0.1) is 0 Å². The van der Waals surface area contributed by atoms with E-state index in [1.165, 1.54) is 12.8 Å².